The quantitative estimate of drug-likeness (QED) is 0.721. The van der Waals surface area contributed by atoms with Crippen molar-refractivity contribution in [1.82, 2.24) is 10.6 Å². The molecule has 0 saturated carbocycles. The summed E-state index contributed by atoms with van der Waals surface area (Å²) < 4.78 is 28.2. The van der Waals surface area contributed by atoms with Gasteiger partial charge in [0.1, 0.15) is 6.61 Å². The van der Waals surface area contributed by atoms with E-state index in [2.05, 4.69) is 22.3 Å². The van der Waals surface area contributed by atoms with Crippen molar-refractivity contribution in [1.29, 1.82) is 0 Å². The monoisotopic (exact) mass is 286 g/mol. The summed E-state index contributed by atoms with van der Waals surface area (Å²) in [4.78, 5) is 11.5. The van der Waals surface area contributed by atoms with E-state index in [1.807, 2.05) is 0 Å². The van der Waals surface area contributed by atoms with E-state index in [1.54, 1.807) is 0 Å². The third-order valence-electron chi connectivity index (χ3n) is 2.89. The fourth-order valence-corrected chi connectivity index (χ4v) is 1.80. The Morgan fingerprint density at radius 2 is 2.28 bits per heavy atom. The summed E-state index contributed by atoms with van der Waals surface area (Å²) in [7, 11) is 0. The lowest BCUT2D eigenvalue weighted by Crippen LogP contribution is -2.50. The summed E-state index contributed by atoms with van der Waals surface area (Å²) in [5, 5.41) is 6.10. The maximum Gasteiger partial charge on any atom is 0.261 e. The lowest BCUT2D eigenvalue weighted by Gasteiger charge is -2.30. The van der Waals surface area contributed by atoms with Gasteiger partial charge in [0.15, 0.2) is 0 Å². The SMILES string of the molecule is CC1CCNCC1NC(=O)CCOCC(F)F.Cl. The molecule has 1 fully saturated rings. The largest absolute Gasteiger partial charge is 0.375 e. The van der Waals surface area contributed by atoms with Gasteiger partial charge in [-0.15, -0.1) is 12.4 Å². The predicted octanol–water partition coefficient (Wildman–Crippen LogP) is 1.19. The van der Waals surface area contributed by atoms with E-state index in [-0.39, 0.29) is 37.4 Å². The predicted molar refractivity (Wildman–Crippen MR) is 67.3 cm³/mol. The smallest absolute Gasteiger partial charge is 0.261 e. The van der Waals surface area contributed by atoms with E-state index in [9.17, 15) is 13.6 Å². The molecule has 0 bridgehead atoms. The zero-order valence-corrected chi connectivity index (χ0v) is 11.3. The number of halogens is 3. The Kier molecular flexibility index (Phi) is 9.23. The minimum absolute atomic E-state index is 0. The number of alkyl halides is 2. The van der Waals surface area contributed by atoms with Crippen molar-refractivity contribution in [3.05, 3.63) is 0 Å². The van der Waals surface area contributed by atoms with Crippen LogP contribution < -0.4 is 10.6 Å². The Hall–Kier alpha value is -0.460. The maximum absolute atomic E-state index is 11.7. The minimum atomic E-state index is -2.47. The number of amides is 1. The first-order valence-electron chi connectivity index (χ1n) is 5.95. The van der Waals surface area contributed by atoms with Crippen LogP contribution in [0.5, 0.6) is 0 Å². The molecule has 1 aliphatic heterocycles. The van der Waals surface area contributed by atoms with Gasteiger partial charge in [0.25, 0.3) is 6.43 Å². The Balaban J connectivity index is 0.00000289. The number of nitrogens with one attached hydrogen (secondary N) is 2. The molecule has 2 atom stereocenters. The van der Waals surface area contributed by atoms with Crippen LogP contribution >= 0.6 is 12.4 Å². The van der Waals surface area contributed by atoms with Crippen LogP contribution in [0.15, 0.2) is 0 Å². The van der Waals surface area contributed by atoms with Gasteiger partial charge < -0.3 is 15.4 Å². The molecule has 7 heteroatoms. The van der Waals surface area contributed by atoms with Crippen molar-refractivity contribution < 1.29 is 18.3 Å². The highest BCUT2D eigenvalue weighted by molar-refractivity contribution is 5.85. The summed E-state index contributed by atoms with van der Waals surface area (Å²) in [5.41, 5.74) is 0. The van der Waals surface area contributed by atoms with Crippen LogP contribution in [-0.4, -0.2) is 44.7 Å². The van der Waals surface area contributed by atoms with E-state index >= 15 is 0 Å². The highest BCUT2D eigenvalue weighted by Crippen LogP contribution is 2.11. The number of hydrogen-bond donors (Lipinski definition) is 2. The first-order chi connectivity index (χ1) is 8.09. The molecule has 1 aliphatic rings. The molecular formula is C11H21ClF2N2O2. The molecule has 108 valence electrons. The molecule has 1 heterocycles. The first kappa shape index (κ1) is 17.5. The molecule has 18 heavy (non-hydrogen) atoms. The molecule has 0 aromatic carbocycles. The molecule has 1 amide bonds. The van der Waals surface area contributed by atoms with E-state index in [0.29, 0.717) is 5.92 Å². The standard InChI is InChI=1S/C11H20F2N2O2.ClH/c1-8-2-4-14-6-9(8)15-11(16)3-5-17-7-10(12)13;/h8-10,14H,2-7H2,1H3,(H,15,16);1H. The molecule has 2 N–H and O–H groups in total. The lowest BCUT2D eigenvalue weighted by atomic mass is 9.95. The van der Waals surface area contributed by atoms with Crippen LogP contribution in [0.4, 0.5) is 8.78 Å². The van der Waals surface area contributed by atoms with Crippen LogP contribution in [0.25, 0.3) is 0 Å². The van der Waals surface area contributed by atoms with Gasteiger partial charge in [0.05, 0.1) is 6.61 Å². The number of ether oxygens (including phenoxy) is 1. The highest BCUT2D eigenvalue weighted by atomic mass is 35.5. The van der Waals surface area contributed by atoms with E-state index in [0.717, 1.165) is 19.5 Å². The number of piperidine rings is 1. The molecular weight excluding hydrogens is 266 g/mol. The zero-order chi connectivity index (χ0) is 12.7. The van der Waals surface area contributed by atoms with Gasteiger partial charge in [-0.1, -0.05) is 6.92 Å². The molecule has 0 aliphatic carbocycles. The fourth-order valence-electron chi connectivity index (χ4n) is 1.80. The van der Waals surface area contributed by atoms with Crippen molar-refractivity contribution in [2.75, 3.05) is 26.3 Å². The average molecular weight is 287 g/mol. The van der Waals surface area contributed by atoms with Crippen molar-refractivity contribution in [3.63, 3.8) is 0 Å². The van der Waals surface area contributed by atoms with Gasteiger partial charge in [-0.2, -0.15) is 0 Å². The van der Waals surface area contributed by atoms with Crippen molar-refractivity contribution in [2.24, 2.45) is 5.92 Å². The van der Waals surface area contributed by atoms with Crippen molar-refractivity contribution in [3.8, 4) is 0 Å². The van der Waals surface area contributed by atoms with Gasteiger partial charge >= 0.3 is 0 Å². The van der Waals surface area contributed by atoms with Gasteiger partial charge in [-0.3, -0.25) is 4.79 Å². The maximum atomic E-state index is 11.7. The summed E-state index contributed by atoms with van der Waals surface area (Å²) in [5.74, 6) is 0.307. The van der Waals surface area contributed by atoms with Crippen LogP contribution in [0.3, 0.4) is 0 Å². The van der Waals surface area contributed by atoms with Crippen molar-refractivity contribution in [2.45, 2.75) is 32.2 Å². The molecule has 0 aromatic heterocycles. The van der Waals surface area contributed by atoms with Crippen LogP contribution in [0, 0.1) is 5.92 Å². The second-order valence-electron chi connectivity index (χ2n) is 4.36. The van der Waals surface area contributed by atoms with Gasteiger partial charge in [0, 0.05) is 19.0 Å². The summed E-state index contributed by atoms with van der Waals surface area (Å²) in [6.07, 6.45) is -1.30. The Morgan fingerprint density at radius 1 is 1.56 bits per heavy atom. The van der Waals surface area contributed by atoms with Crippen LogP contribution in [0.2, 0.25) is 0 Å². The summed E-state index contributed by atoms with van der Waals surface area (Å²) in [6, 6.07) is 0.131. The van der Waals surface area contributed by atoms with Gasteiger partial charge in [0.2, 0.25) is 5.91 Å². The van der Waals surface area contributed by atoms with E-state index in [4.69, 9.17) is 0 Å². The fraction of sp³-hybridized carbons (Fsp3) is 0.909. The van der Waals surface area contributed by atoms with Crippen LogP contribution in [-0.2, 0) is 9.53 Å². The molecule has 4 nitrogen and oxygen atoms in total. The highest BCUT2D eigenvalue weighted by Gasteiger charge is 2.22. The minimum Gasteiger partial charge on any atom is -0.375 e. The summed E-state index contributed by atoms with van der Waals surface area (Å²) >= 11 is 0. The first-order valence-corrected chi connectivity index (χ1v) is 5.95. The van der Waals surface area contributed by atoms with Crippen LogP contribution in [0.1, 0.15) is 19.8 Å². The van der Waals surface area contributed by atoms with Crippen molar-refractivity contribution >= 4 is 18.3 Å². The van der Waals surface area contributed by atoms with E-state index < -0.39 is 13.0 Å². The Bertz CT molecular complexity index is 245. The number of carbonyl (C=O) groups excluding carboxylic acids is 1. The molecule has 1 rings (SSSR count). The topological polar surface area (TPSA) is 50.4 Å². The number of rotatable bonds is 6. The lowest BCUT2D eigenvalue weighted by molar-refractivity contribution is -0.123. The molecule has 0 radical (unpaired) electrons. The molecule has 0 spiro atoms. The Morgan fingerprint density at radius 3 is 2.89 bits per heavy atom. The second-order valence-corrected chi connectivity index (χ2v) is 4.36. The average Bonchev–Trinajstić information content (AvgIpc) is 2.27. The second kappa shape index (κ2) is 9.47. The van der Waals surface area contributed by atoms with E-state index in [1.165, 1.54) is 0 Å². The third kappa shape index (κ3) is 7.08. The number of hydrogen-bond acceptors (Lipinski definition) is 3. The van der Waals surface area contributed by atoms with Gasteiger partial charge in [-0.25, -0.2) is 8.78 Å². The number of carbonyl (C=O) groups is 1. The van der Waals surface area contributed by atoms with Gasteiger partial charge in [-0.05, 0) is 18.9 Å². The third-order valence-corrected chi connectivity index (χ3v) is 2.89. The molecule has 2 unspecified atom stereocenters. The zero-order valence-electron chi connectivity index (χ0n) is 10.5. The Labute approximate surface area is 112 Å². The normalized spacial score (nSPS) is 23.6. The molecule has 0 aromatic rings. The molecule has 1 saturated heterocycles. The summed E-state index contributed by atoms with van der Waals surface area (Å²) in [6.45, 7) is 3.29.